The molecule has 1 aliphatic rings. The van der Waals surface area contributed by atoms with Crippen molar-refractivity contribution in [1.29, 1.82) is 0 Å². The van der Waals surface area contributed by atoms with Crippen molar-refractivity contribution >= 4 is 29.7 Å². The lowest BCUT2D eigenvalue weighted by Gasteiger charge is -2.23. The standard InChI is InChI=1S/C11H19N3O4S/c1-19-7-3-8(10(16)17)13-11(18)14-5-2-9(15)12-4-6-14/h8H,2-7H2,1H3,(H,12,15)(H,13,18)(H,16,17). The number of aliphatic carboxylic acids is 1. The SMILES string of the molecule is CSCCC(NC(=O)N1CCNC(=O)CC1)C(=O)O. The number of carboxylic acids is 1. The van der Waals surface area contributed by atoms with E-state index in [2.05, 4.69) is 10.6 Å². The molecule has 0 saturated carbocycles. The highest BCUT2D eigenvalue weighted by molar-refractivity contribution is 7.98. The monoisotopic (exact) mass is 289 g/mol. The minimum Gasteiger partial charge on any atom is -0.480 e. The van der Waals surface area contributed by atoms with Crippen LogP contribution in [0.2, 0.25) is 0 Å². The predicted molar refractivity (Wildman–Crippen MR) is 72.2 cm³/mol. The summed E-state index contributed by atoms with van der Waals surface area (Å²) in [6.45, 7) is 1.10. The molecule has 0 aliphatic carbocycles. The minimum atomic E-state index is -1.04. The molecule has 0 aromatic carbocycles. The van der Waals surface area contributed by atoms with Crippen LogP contribution in [0.3, 0.4) is 0 Å². The Morgan fingerprint density at radius 2 is 2.26 bits per heavy atom. The lowest BCUT2D eigenvalue weighted by atomic mass is 10.2. The summed E-state index contributed by atoms with van der Waals surface area (Å²) >= 11 is 1.53. The van der Waals surface area contributed by atoms with E-state index in [0.717, 1.165) is 0 Å². The van der Waals surface area contributed by atoms with Crippen LogP contribution in [0.15, 0.2) is 0 Å². The Kier molecular flexibility index (Phi) is 6.48. The summed E-state index contributed by atoms with van der Waals surface area (Å²) in [5.74, 6) is -0.462. The molecule has 1 fully saturated rings. The smallest absolute Gasteiger partial charge is 0.326 e. The number of amides is 3. The van der Waals surface area contributed by atoms with Crippen molar-refractivity contribution in [2.45, 2.75) is 18.9 Å². The number of nitrogens with zero attached hydrogens (tertiary/aromatic N) is 1. The van der Waals surface area contributed by atoms with Gasteiger partial charge in [0.2, 0.25) is 5.91 Å². The largest absolute Gasteiger partial charge is 0.480 e. The summed E-state index contributed by atoms with van der Waals surface area (Å²) in [7, 11) is 0. The molecule has 7 nitrogen and oxygen atoms in total. The van der Waals surface area contributed by atoms with Gasteiger partial charge in [0.25, 0.3) is 0 Å². The number of hydrogen-bond acceptors (Lipinski definition) is 4. The molecular weight excluding hydrogens is 270 g/mol. The van der Waals surface area contributed by atoms with Crippen LogP contribution >= 0.6 is 11.8 Å². The van der Waals surface area contributed by atoms with E-state index in [1.807, 2.05) is 6.26 Å². The average molecular weight is 289 g/mol. The molecule has 1 aliphatic heterocycles. The number of carbonyl (C=O) groups is 3. The van der Waals surface area contributed by atoms with Crippen LogP contribution in [0, 0.1) is 0 Å². The Hall–Kier alpha value is -1.44. The van der Waals surface area contributed by atoms with Gasteiger partial charge < -0.3 is 20.6 Å². The second kappa shape index (κ2) is 7.88. The molecule has 8 heteroatoms. The molecule has 3 N–H and O–H groups in total. The number of nitrogens with one attached hydrogen (secondary N) is 2. The fraction of sp³-hybridized carbons (Fsp3) is 0.727. The van der Waals surface area contributed by atoms with E-state index < -0.39 is 18.0 Å². The van der Waals surface area contributed by atoms with Crippen molar-refractivity contribution in [3.63, 3.8) is 0 Å². The highest BCUT2D eigenvalue weighted by Gasteiger charge is 2.24. The number of carboxylic acid groups (broad SMARTS) is 1. The van der Waals surface area contributed by atoms with Gasteiger partial charge in [-0.05, 0) is 18.4 Å². The zero-order valence-corrected chi connectivity index (χ0v) is 11.7. The van der Waals surface area contributed by atoms with E-state index >= 15 is 0 Å². The molecule has 3 amide bonds. The van der Waals surface area contributed by atoms with E-state index in [9.17, 15) is 14.4 Å². The van der Waals surface area contributed by atoms with E-state index in [4.69, 9.17) is 5.11 Å². The second-order valence-corrected chi connectivity index (χ2v) is 5.19. The normalized spacial score (nSPS) is 17.3. The molecule has 0 aromatic heterocycles. The third-order valence-electron chi connectivity index (χ3n) is 2.81. The van der Waals surface area contributed by atoms with Crippen molar-refractivity contribution in [2.75, 3.05) is 31.6 Å². The van der Waals surface area contributed by atoms with E-state index in [1.54, 1.807) is 0 Å². The molecule has 0 radical (unpaired) electrons. The van der Waals surface area contributed by atoms with E-state index in [1.165, 1.54) is 16.7 Å². The molecule has 0 spiro atoms. The summed E-state index contributed by atoms with van der Waals surface area (Å²) in [4.78, 5) is 35.6. The average Bonchev–Trinajstić information content (AvgIpc) is 2.58. The van der Waals surface area contributed by atoms with Gasteiger partial charge in [0, 0.05) is 26.1 Å². The summed E-state index contributed by atoms with van der Waals surface area (Å²) < 4.78 is 0. The molecule has 19 heavy (non-hydrogen) atoms. The highest BCUT2D eigenvalue weighted by Crippen LogP contribution is 2.03. The lowest BCUT2D eigenvalue weighted by molar-refractivity contribution is -0.139. The maximum atomic E-state index is 11.9. The summed E-state index contributed by atoms with van der Waals surface area (Å²) in [5.41, 5.74) is 0. The Balaban J connectivity index is 2.50. The molecule has 1 unspecified atom stereocenters. The lowest BCUT2D eigenvalue weighted by Crippen LogP contribution is -2.49. The molecule has 1 saturated heterocycles. The van der Waals surface area contributed by atoms with Crippen molar-refractivity contribution in [3.8, 4) is 0 Å². The van der Waals surface area contributed by atoms with Gasteiger partial charge in [0.05, 0.1) is 0 Å². The number of carbonyl (C=O) groups excluding carboxylic acids is 2. The number of urea groups is 1. The van der Waals surface area contributed by atoms with Crippen LogP contribution in [0.1, 0.15) is 12.8 Å². The first-order chi connectivity index (χ1) is 9.04. The molecule has 1 rings (SSSR count). The maximum absolute atomic E-state index is 11.9. The Bertz CT molecular complexity index is 351. The first kappa shape index (κ1) is 15.6. The van der Waals surface area contributed by atoms with Crippen LogP contribution < -0.4 is 10.6 Å². The van der Waals surface area contributed by atoms with Gasteiger partial charge in [-0.1, -0.05) is 0 Å². The molecule has 0 bridgehead atoms. The highest BCUT2D eigenvalue weighted by atomic mass is 32.2. The summed E-state index contributed by atoms with van der Waals surface area (Å²) in [5, 5.41) is 14.2. The molecule has 108 valence electrons. The van der Waals surface area contributed by atoms with Gasteiger partial charge in [-0.15, -0.1) is 0 Å². The number of rotatable bonds is 5. The quantitative estimate of drug-likeness (QED) is 0.647. The van der Waals surface area contributed by atoms with Gasteiger partial charge in [-0.3, -0.25) is 4.79 Å². The zero-order chi connectivity index (χ0) is 14.3. The molecular formula is C11H19N3O4S. The van der Waals surface area contributed by atoms with Gasteiger partial charge in [-0.25, -0.2) is 9.59 Å². The van der Waals surface area contributed by atoms with Crippen molar-refractivity contribution in [1.82, 2.24) is 15.5 Å². The number of hydrogen-bond donors (Lipinski definition) is 3. The van der Waals surface area contributed by atoms with Gasteiger partial charge in [0.1, 0.15) is 6.04 Å². The predicted octanol–water partition coefficient (Wildman–Crippen LogP) is -0.276. The third-order valence-corrected chi connectivity index (χ3v) is 3.45. The Morgan fingerprint density at radius 1 is 1.53 bits per heavy atom. The van der Waals surface area contributed by atoms with E-state index in [0.29, 0.717) is 31.8 Å². The van der Waals surface area contributed by atoms with Crippen molar-refractivity contribution in [2.24, 2.45) is 0 Å². The topological polar surface area (TPSA) is 98.7 Å². The first-order valence-corrected chi connectivity index (χ1v) is 7.48. The van der Waals surface area contributed by atoms with Crippen LogP contribution in [0.5, 0.6) is 0 Å². The molecule has 1 heterocycles. The first-order valence-electron chi connectivity index (χ1n) is 6.08. The second-order valence-electron chi connectivity index (χ2n) is 4.21. The van der Waals surface area contributed by atoms with Gasteiger partial charge >= 0.3 is 12.0 Å². The Morgan fingerprint density at radius 3 is 2.89 bits per heavy atom. The zero-order valence-electron chi connectivity index (χ0n) is 10.8. The number of thioether (sulfide) groups is 1. The van der Waals surface area contributed by atoms with Gasteiger partial charge in [0.15, 0.2) is 0 Å². The van der Waals surface area contributed by atoms with Crippen LogP contribution in [-0.4, -0.2) is 65.6 Å². The fourth-order valence-corrected chi connectivity index (χ4v) is 2.17. The van der Waals surface area contributed by atoms with Crippen molar-refractivity contribution in [3.05, 3.63) is 0 Å². The van der Waals surface area contributed by atoms with Crippen LogP contribution in [0.25, 0.3) is 0 Å². The van der Waals surface area contributed by atoms with Crippen LogP contribution in [-0.2, 0) is 9.59 Å². The van der Waals surface area contributed by atoms with Crippen LogP contribution in [0.4, 0.5) is 4.79 Å². The summed E-state index contributed by atoms with van der Waals surface area (Å²) in [6.07, 6.45) is 2.51. The fourth-order valence-electron chi connectivity index (χ4n) is 1.70. The van der Waals surface area contributed by atoms with E-state index in [-0.39, 0.29) is 12.3 Å². The minimum absolute atomic E-state index is 0.0903. The molecule has 0 aromatic rings. The summed E-state index contributed by atoms with van der Waals surface area (Å²) in [6, 6.07) is -1.31. The molecule has 1 atom stereocenters. The Labute approximate surface area is 116 Å². The van der Waals surface area contributed by atoms with Gasteiger partial charge in [-0.2, -0.15) is 11.8 Å². The maximum Gasteiger partial charge on any atom is 0.326 e. The van der Waals surface area contributed by atoms with Crippen molar-refractivity contribution < 1.29 is 19.5 Å². The third kappa shape index (κ3) is 5.37.